The Kier molecular flexibility index (Phi) is 5.12. The van der Waals surface area contributed by atoms with E-state index in [4.69, 9.17) is 15.0 Å². The molecule has 108 valence electrons. The molecule has 0 saturated carbocycles. The van der Waals surface area contributed by atoms with E-state index in [2.05, 4.69) is 17.1 Å². The van der Waals surface area contributed by atoms with Crippen molar-refractivity contribution >= 4 is 0 Å². The predicted octanol–water partition coefficient (Wildman–Crippen LogP) is 2.41. The van der Waals surface area contributed by atoms with Gasteiger partial charge in [-0.1, -0.05) is 30.3 Å². The minimum atomic E-state index is 0.291. The molecule has 0 fully saturated rings. The van der Waals surface area contributed by atoms with Crippen molar-refractivity contribution in [3.05, 3.63) is 41.0 Å². The fourth-order valence-electron chi connectivity index (χ4n) is 2.08. The molecule has 1 aromatic carbocycles. The molecule has 2 aromatic rings. The highest BCUT2D eigenvalue weighted by molar-refractivity contribution is 5.40. The predicted molar refractivity (Wildman–Crippen MR) is 76.6 cm³/mol. The van der Waals surface area contributed by atoms with E-state index >= 15 is 0 Å². The summed E-state index contributed by atoms with van der Waals surface area (Å²) >= 11 is 0. The molecule has 1 aromatic heterocycles. The van der Waals surface area contributed by atoms with Crippen LogP contribution in [-0.4, -0.2) is 16.7 Å². The molecule has 0 amide bonds. The van der Waals surface area contributed by atoms with Crippen LogP contribution < -0.4 is 10.5 Å². The number of nitrogens with two attached hydrogens (primary N) is 1. The molecular weight excluding hydrogens is 254 g/mol. The van der Waals surface area contributed by atoms with Gasteiger partial charge in [0, 0.05) is 6.42 Å². The standard InChI is InChI=1S/C15H21N3O2/c1-3-5-13-17-14(20-18-13)10-19-15-11(2)6-4-7-12(15)8-9-16/h4,6-7H,3,5,8-10,16H2,1-2H3. The van der Waals surface area contributed by atoms with Crippen LogP contribution in [0.1, 0.15) is 36.2 Å². The van der Waals surface area contributed by atoms with Gasteiger partial charge in [-0.2, -0.15) is 4.98 Å². The number of rotatable bonds is 7. The van der Waals surface area contributed by atoms with Gasteiger partial charge in [0.05, 0.1) is 0 Å². The average Bonchev–Trinajstić information content (AvgIpc) is 2.87. The first kappa shape index (κ1) is 14.5. The number of nitrogens with zero attached hydrogens (tertiary/aromatic N) is 2. The Morgan fingerprint density at radius 1 is 1.30 bits per heavy atom. The van der Waals surface area contributed by atoms with Crippen molar-refractivity contribution in [2.75, 3.05) is 6.54 Å². The van der Waals surface area contributed by atoms with Crippen LogP contribution in [0, 0.1) is 6.92 Å². The number of aromatic nitrogens is 2. The first-order chi connectivity index (χ1) is 9.74. The fourth-order valence-corrected chi connectivity index (χ4v) is 2.08. The maximum Gasteiger partial charge on any atom is 0.264 e. The number of benzene rings is 1. The lowest BCUT2D eigenvalue weighted by Crippen LogP contribution is -2.06. The van der Waals surface area contributed by atoms with E-state index in [0.717, 1.165) is 42.0 Å². The minimum absolute atomic E-state index is 0.291. The summed E-state index contributed by atoms with van der Waals surface area (Å²) in [5, 5.41) is 3.91. The molecule has 0 aliphatic heterocycles. The van der Waals surface area contributed by atoms with E-state index in [-0.39, 0.29) is 0 Å². The normalized spacial score (nSPS) is 10.8. The molecule has 0 radical (unpaired) electrons. The van der Waals surface area contributed by atoms with Gasteiger partial charge in [-0.05, 0) is 37.4 Å². The summed E-state index contributed by atoms with van der Waals surface area (Å²) in [6.07, 6.45) is 2.62. The van der Waals surface area contributed by atoms with Crippen molar-refractivity contribution in [1.29, 1.82) is 0 Å². The molecule has 1 heterocycles. The average molecular weight is 275 g/mol. The van der Waals surface area contributed by atoms with Crippen molar-refractivity contribution in [3.8, 4) is 5.75 Å². The van der Waals surface area contributed by atoms with E-state index in [0.29, 0.717) is 19.0 Å². The minimum Gasteiger partial charge on any atom is -0.483 e. The summed E-state index contributed by atoms with van der Waals surface area (Å²) in [4.78, 5) is 4.29. The van der Waals surface area contributed by atoms with Gasteiger partial charge in [0.2, 0.25) is 0 Å². The molecule has 5 heteroatoms. The summed E-state index contributed by atoms with van der Waals surface area (Å²) in [6, 6.07) is 6.07. The van der Waals surface area contributed by atoms with Gasteiger partial charge in [-0.3, -0.25) is 0 Å². The second-order valence-corrected chi connectivity index (χ2v) is 4.74. The number of hydrogen-bond donors (Lipinski definition) is 1. The third-order valence-corrected chi connectivity index (χ3v) is 3.03. The summed E-state index contributed by atoms with van der Waals surface area (Å²) in [6.45, 7) is 4.99. The Hall–Kier alpha value is -1.88. The van der Waals surface area contributed by atoms with Crippen molar-refractivity contribution in [2.45, 2.75) is 39.7 Å². The van der Waals surface area contributed by atoms with Gasteiger partial charge in [0.15, 0.2) is 12.4 Å². The summed E-state index contributed by atoms with van der Waals surface area (Å²) in [5.74, 6) is 2.11. The van der Waals surface area contributed by atoms with Crippen LogP contribution in [0.15, 0.2) is 22.7 Å². The third kappa shape index (κ3) is 3.57. The van der Waals surface area contributed by atoms with E-state index in [1.807, 2.05) is 25.1 Å². The zero-order chi connectivity index (χ0) is 14.4. The van der Waals surface area contributed by atoms with E-state index < -0.39 is 0 Å². The molecule has 0 atom stereocenters. The summed E-state index contributed by atoms with van der Waals surface area (Å²) in [7, 11) is 0. The molecule has 0 aliphatic carbocycles. The number of aryl methyl sites for hydroxylation is 2. The highest BCUT2D eigenvalue weighted by Crippen LogP contribution is 2.24. The molecule has 0 saturated heterocycles. The monoisotopic (exact) mass is 275 g/mol. The number of ether oxygens (including phenoxy) is 1. The molecule has 2 N–H and O–H groups in total. The Bertz CT molecular complexity index is 552. The lowest BCUT2D eigenvalue weighted by Gasteiger charge is -2.12. The van der Waals surface area contributed by atoms with Gasteiger partial charge in [-0.15, -0.1) is 0 Å². The second kappa shape index (κ2) is 7.05. The summed E-state index contributed by atoms with van der Waals surface area (Å²) in [5.41, 5.74) is 7.83. The zero-order valence-corrected chi connectivity index (χ0v) is 12.1. The van der Waals surface area contributed by atoms with Crippen LogP contribution in [0.4, 0.5) is 0 Å². The van der Waals surface area contributed by atoms with Crippen LogP contribution in [0.5, 0.6) is 5.75 Å². The van der Waals surface area contributed by atoms with Gasteiger partial charge >= 0.3 is 0 Å². The Labute approximate surface area is 119 Å². The zero-order valence-electron chi connectivity index (χ0n) is 12.1. The fraction of sp³-hybridized carbons (Fsp3) is 0.467. The van der Waals surface area contributed by atoms with Gasteiger partial charge in [-0.25, -0.2) is 0 Å². The molecule has 20 heavy (non-hydrogen) atoms. The highest BCUT2D eigenvalue weighted by atomic mass is 16.5. The molecule has 0 spiro atoms. The van der Waals surface area contributed by atoms with Crippen LogP contribution in [0.3, 0.4) is 0 Å². The topological polar surface area (TPSA) is 74.2 Å². The molecule has 0 bridgehead atoms. The lowest BCUT2D eigenvalue weighted by atomic mass is 10.1. The van der Waals surface area contributed by atoms with E-state index in [9.17, 15) is 0 Å². The first-order valence-electron chi connectivity index (χ1n) is 6.97. The summed E-state index contributed by atoms with van der Waals surface area (Å²) < 4.78 is 11.0. The lowest BCUT2D eigenvalue weighted by molar-refractivity contribution is 0.239. The van der Waals surface area contributed by atoms with Crippen molar-refractivity contribution in [1.82, 2.24) is 10.1 Å². The Morgan fingerprint density at radius 2 is 2.15 bits per heavy atom. The Morgan fingerprint density at radius 3 is 2.90 bits per heavy atom. The van der Waals surface area contributed by atoms with Gasteiger partial charge in [0.25, 0.3) is 5.89 Å². The maximum atomic E-state index is 5.85. The highest BCUT2D eigenvalue weighted by Gasteiger charge is 2.10. The van der Waals surface area contributed by atoms with Crippen molar-refractivity contribution in [2.24, 2.45) is 5.73 Å². The maximum absolute atomic E-state index is 5.85. The molecular formula is C15H21N3O2. The third-order valence-electron chi connectivity index (χ3n) is 3.03. The van der Waals surface area contributed by atoms with E-state index in [1.54, 1.807) is 0 Å². The quantitative estimate of drug-likeness (QED) is 0.840. The molecule has 0 unspecified atom stereocenters. The smallest absolute Gasteiger partial charge is 0.264 e. The van der Waals surface area contributed by atoms with Crippen LogP contribution >= 0.6 is 0 Å². The number of para-hydroxylation sites is 1. The molecule has 0 aliphatic rings. The van der Waals surface area contributed by atoms with Gasteiger partial charge < -0.3 is 15.0 Å². The molecule has 5 nitrogen and oxygen atoms in total. The van der Waals surface area contributed by atoms with Crippen LogP contribution in [0.2, 0.25) is 0 Å². The van der Waals surface area contributed by atoms with E-state index in [1.165, 1.54) is 0 Å². The first-order valence-corrected chi connectivity index (χ1v) is 6.97. The number of hydrogen-bond acceptors (Lipinski definition) is 5. The van der Waals surface area contributed by atoms with Crippen LogP contribution in [-0.2, 0) is 19.4 Å². The largest absolute Gasteiger partial charge is 0.483 e. The van der Waals surface area contributed by atoms with Crippen molar-refractivity contribution < 1.29 is 9.26 Å². The Balaban J connectivity index is 2.05. The second-order valence-electron chi connectivity index (χ2n) is 4.74. The SMILES string of the molecule is CCCc1noc(COc2c(C)cccc2CCN)n1. The molecule has 2 rings (SSSR count). The van der Waals surface area contributed by atoms with Gasteiger partial charge in [0.1, 0.15) is 5.75 Å². The van der Waals surface area contributed by atoms with Crippen LogP contribution in [0.25, 0.3) is 0 Å². The van der Waals surface area contributed by atoms with Crippen molar-refractivity contribution in [3.63, 3.8) is 0 Å².